The standard InChI is InChI=1S/C18H32N2O/c1-6-11-21-18-12-16(9-10-17(18)19)20(13-14(4)5)15(7-2)8-3/h9-10,12,14-15H,6-8,11,13,19H2,1-5H3. The van der Waals surface area contributed by atoms with Gasteiger partial charge in [-0.15, -0.1) is 0 Å². The Morgan fingerprint density at radius 1 is 1.14 bits per heavy atom. The third-order valence-corrected chi connectivity index (χ3v) is 3.74. The molecule has 0 heterocycles. The van der Waals surface area contributed by atoms with Crippen LogP contribution in [0.5, 0.6) is 5.75 Å². The SMILES string of the molecule is CCCOc1cc(N(CC(C)C)C(CC)CC)ccc1N. The summed E-state index contributed by atoms with van der Waals surface area (Å²) in [6.45, 7) is 12.9. The molecule has 3 nitrogen and oxygen atoms in total. The van der Waals surface area contributed by atoms with Crippen LogP contribution in [0.4, 0.5) is 11.4 Å². The van der Waals surface area contributed by atoms with Gasteiger partial charge >= 0.3 is 0 Å². The lowest BCUT2D eigenvalue weighted by atomic mass is 10.1. The molecule has 0 aliphatic carbocycles. The second-order valence-corrected chi connectivity index (χ2v) is 6.09. The first-order valence-electron chi connectivity index (χ1n) is 8.32. The zero-order valence-corrected chi connectivity index (χ0v) is 14.4. The number of nitrogens with two attached hydrogens (primary N) is 1. The number of ether oxygens (including phenoxy) is 1. The highest BCUT2D eigenvalue weighted by Gasteiger charge is 2.18. The van der Waals surface area contributed by atoms with E-state index in [2.05, 4.69) is 51.7 Å². The molecule has 0 atom stereocenters. The van der Waals surface area contributed by atoms with E-state index in [9.17, 15) is 0 Å². The Balaban J connectivity index is 3.05. The van der Waals surface area contributed by atoms with Crippen LogP contribution in [0.2, 0.25) is 0 Å². The zero-order chi connectivity index (χ0) is 15.8. The van der Waals surface area contributed by atoms with Crippen LogP contribution in [0.3, 0.4) is 0 Å². The molecule has 120 valence electrons. The van der Waals surface area contributed by atoms with E-state index in [1.165, 1.54) is 5.69 Å². The van der Waals surface area contributed by atoms with E-state index in [1.54, 1.807) is 0 Å². The van der Waals surface area contributed by atoms with Gasteiger partial charge < -0.3 is 15.4 Å². The highest BCUT2D eigenvalue weighted by molar-refractivity contribution is 5.62. The van der Waals surface area contributed by atoms with E-state index in [4.69, 9.17) is 10.5 Å². The Kier molecular flexibility index (Phi) is 7.41. The van der Waals surface area contributed by atoms with Gasteiger partial charge in [-0.1, -0.05) is 34.6 Å². The molecule has 0 saturated carbocycles. The molecular weight excluding hydrogens is 260 g/mol. The van der Waals surface area contributed by atoms with Gasteiger partial charge in [-0.05, 0) is 37.3 Å². The van der Waals surface area contributed by atoms with E-state index in [1.807, 2.05) is 6.07 Å². The number of anilines is 2. The maximum Gasteiger partial charge on any atom is 0.144 e. The van der Waals surface area contributed by atoms with Crippen LogP contribution in [0.1, 0.15) is 53.9 Å². The molecule has 0 amide bonds. The molecule has 0 unspecified atom stereocenters. The molecule has 0 aliphatic rings. The summed E-state index contributed by atoms with van der Waals surface area (Å²) in [4.78, 5) is 2.50. The molecule has 2 N–H and O–H groups in total. The van der Waals surface area contributed by atoms with Gasteiger partial charge in [-0.3, -0.25) is 0 Å². The van der Waals surface area contributed by atoms with E-state index in [0.717, 1.165) is 37.2 Å². The van der Waals surface area contributed by atoms with Crippen molar-refractivity contribution >= 4 is 11.4 Å². The van der Waals surface area contributed by atoms with Crippen molar-refractivity contribution in [2.75, 3.05) is 23.8 Å². The normalized spacial score (nSPS) is 11.2. The number of benzene rings is 1. The maximum atomic E-state index is 6.03. The number of nitrogen functional groups attached to an aromatic ring is 1. The average molecular weight is 292 g/mol. The average Bonchev–Trinajstić information content (AvgIpc) is 2.46. The second-order valence-electron chi connectivity index (χ2n) is 6.09. The van der Waals surface area contributed by atoms with Crippen LogP contribution in [0.25, 0.3) is 0 Å². The fourth-order valence-electron chi connectivity index (χ4n) is 2.63. The Morgan fingerprint density at radius 2 is 1.81 bits per heavy atom. The van der Waals surface area contributed by atoms with Crippen LogP contribution in [0, 0.1) is 5.92 Å². The fraction of sp³-hybridized carbons (Fsp3) is 0.667. The molecule has 0 fully saturated rings. The minimum atomic E-state index is 0.565. The highest BCUT2D eigenvalue weighted by Crippen LogP contribution is 2.30. The third kappa shape index (κ3) is 5.14. The van der Waals surface area contributed by atoms with Crippen molar-refractivity contribution in [3.63, 3.8) is 0 Å². The molecular formula is C18H32N2O. The van der Waals surface area contributed by atoms with Crippen LogP contribution in [-0.2, 0) is 0 Å². The van der Waals surface area contributed by atoms with Crippen LogP contribution >= 0.6 is 0 Å². The van der Waals surface area contributed by atoms with Gasteiger partial charge in [0.2, 0.25) is 0 Å². The maximum absolute atomic E-state index is 6.03. The van der Waals surface area contributed by atoms with E-state index in [0.29, 0.717) is 18.6 Å². The topological polar surface area (TPSA) is 38.5 Å². The first-order valence-corrected chi connectivity index (χ1v) is 8.32. The lowest BCUT2D eigenvalue weighted by Crippen LogP contribution is -2.37. The summed E-state index contributed by atoms with van der Waals surface area (Å²) in [7, 11) is 0. The van der Waals surface area contributed by atoms with Gasteiger partial charge in [0.15, 0.2) is 0 Å². The van der Waals surface area contributed by atoms with E-state index >= 15 is 0 Å². The summed E-state index contributed by atoms with van der Waals surface area (Å²) < 4.78 is 5.78. The Hall–Kier alpha value is -1.38. The minimum Gasteiger partial charge on any atom is -0.491 e. The smallest absolute Gasteiger partial charge is 0.144 e. The van der Waals surface area contributed by atoms with Crippen molar-refractivity contribution in [2.24, 2.45) is 5.92 Å². The third-order valence-electron chi connectivity index (χ3n) is 3.74. The molecule has 21 heavy (non-hydrogen) atoms. The van der Waals surface area contributed by atoms with Crippen molar-refractivity contribution in [3.8, 4) is 5.75 Å². The van der Waals surface area contributed by atoms with Crippen molar-refractivity contribution < 1.29 is 4.74 Å². The summed E-state index contributed by atoms with van der Waals surface area (Å²) in [5.74, 6) is 1.44. The summed E-state index contributed by atoms with van der Waals surface area (Å²) in [5.41, 5.74) is 7.97. The Bertz CT molecular complexity index is 414. The van der Waals surface area contributed by atoms with Crippen molar-refractivity contribution in [1.29, 1.82) is 0 Å². The van der Waals surface area contributed by atoms with Gasteiger partial charge in [-0.2, -0.15) is 0 Å². The number of hydrogen-bond acceptors (Lipinski definition) is 3. The molecule has 0 spiro atoms. The first-order chi connectivity index (χ1) is 10.0. The Morgan fingerprint density at radius 3 is 2.33 bits per heavy atom. The lowest BCUT2D eigenvalue weighted by Gasteiger charge is -2.34. The molecule has 0 aromatic heterocycles. The monoisotopic (exact) mass is 292 g/mol. The van der Waals surface area contributed by atoms with Crippen LogP contribution in [0.15, 0.2) is 18.2 Å². The van der Waals surface area contributed by atoms with Gasteiger partial charge in [0.25, 0.3) is 0 Å². The summed E-state index contributed by atoms with van der Waals surface area (Å²) >= 11 is 0. The summed E-state index contributed by atoms with van der Waals surface area (Å²) in [6, 6.07) is 6.76. The molecule has 3 heteroatoms. The predicted molar refractivity (Wildman–Crippen MR) is 93.2 cm³/mol. The number of hydrogen-bond donors (Lipinski definition) is 1. The van der Waals surface area contributed by atoms with Gasteiger partial charge in [0.1, 0.15) is 5.75 Å². The zero-order valence-electron chi connectivity index (χ0n) is 14.4. The summed E-state index contributed by atoms with van der Waals surface area (Å²) in [5, 5.41) is 0. The Labute approximate surface area is 130 Å². The van der Waals surface area contributed by atoms with E-state index < -0.39 is 0 Å². The largest absolute Gasteiger partial charge is 0.491 e. The number of rotatable bonds is 9. The van der Waals surface area contributed by atoms with Gasteiger partial charge in [0, 0.05) is 24.3 Å². The van der Waals surface area contributed by atoms with Crippen molar-refractivity contribution in [1.82, 2.24) is 0 Å². The predicted octanol–water partition coefficient (Wildman–Crippen LogP) is 4.71. The van der Waals surface area contributed by atoms with E-state index in [-0.39, 0.29) is 0 Å². The molecule has 1 rings (SSSR count). The van der Waals surface area contributed by atoms with Crippen molar-refractivity contribution in [2.45, 2.75) is 59.9 Å². The molecule has 0 radical (unpaired) electrons. The molecule has 0 aliphatic heterocycles. The van der Waals surface area contributed by atoms with Gasteiger partial charge in [0.05, 0.1) is 12.3 Å². The molecule has 1 aromatic carbocycles. The van der Waals surface area contributed by atoms with Crippen molar-refractivity contribution in [3.05, 3.63) is 18.2 Å². The quantitative estimate of drug-likeness (QED) is 0.670. The number of nitrogens with zero attached hydrogens (tertiary/aromatic N) is 1. The summed E-state index contributed by atoms with van der Waals surface area (Å²) in [6.07, 6.45) is 3.30. The van der Waals surface area contributed by atoms with Crippen LogP contribution in [-0.4, -0.2) is 19.2 Å². The minimum absolute atomic E-state index is 0.565. The highest BCUT2D eigenvalue weighted by atomic mass is 16.5. The van der Waals surface area contributed by atoms with Crippen LogP contribution < -0.4 is 15.4 Å². The lowest BCUT2D eigenvalue weighted by molar-refractivity contribution is 0.319. The molecule has 0 bridgehead atoms. The van der Waals surface area contributed by atoms with Gasteiger partial charge in [-0.25, -0.2) is 0 Å². The molecule has 0 saturated heterocycles. The second kappa shape index (κ2) is 8.81. The molecule has 1 aromatic rings. The first kappa shape index (κ1) is 17.7. The fourth-order valence-corrected chi connectivity index (χ4v) is 2.63.